The fourth-order valence-electron chi connectivity index (χ4n) is 2.23. The third-order valence-corrected chi connectivity index (χ3v) is 3.30. The molecule has 4 heteroatoms. The van der Waals surface area contributed by atoms with Crippen molar-refractivity contribution in [3.05, 3.63) is 35.6 Å². The summed E-state index contributed by atoms with van der Waals surface area (Å²) in [5, 5.41) is 9.30. The van der Waals surface area contributed by atoms with Gasteiger partial charge >= 0.3 is 0 Å². The van der Waals surface area contributed by atoms with Gasteiger partial charge in [-0.2, -0.15) is 0 Å². The molecule has 0 aromatic heterocycles. The molecule has 1 aromatic rings. The highest BCUT2D eigenvalue weighted by atomic mass is 19.1. The van der Waals surface area contributed by atoms with E-state index in [1.165, 1.54) is 6.07 Å². The molecule has 1 saturated heterocycles. The minimum absolute atomic E-state index is 0.0924. The Kier molecular flexibility index (Phi) is 3.23. The summed E-state index contributed by atoms with van der Waals surface area (Å²) in [5.74, 6) is -0.566. The Morgan fingerprint density at radius 2 is 2.25 bits per heavy atom. The van der Waals surface area contributed by atoms with Crippen LogP contribution < -0.4 is 5.73 Å². The molecule has 1 aliphatic heterocycles. The summed E-state index contributed by atoms with van der Waals surface area (Å²) in [5.41, 5.74) is 5.90. The third kappa shape index (κ3) is 1.84. The van der Waals surface area contributed by atoms with Crippen LogP contribution in [0.3, 0.4) is 0 Å². The van der Waals surface area contributed by atoms with Crippen molar-refractivity contribution in [2.24, 2.45) is 11.7 Å². The van der Waals surface area contributed by atoms with Crippen LogP contribution in [-0.4, -0.2) is 24.9 Å². The lowest BCUT2D eigenvalue weighted by Gasteiger charge is -2.40. The molecule has 2 atom stereocenters. The SMILES string of the molecule is N[C@@]1(c2ccccc2F)CCOCC1CO. The normalized spacial score (nSPS) is 30.3. The van der Waals surface area contributed by atoms with Crippen LogP contribution in [-0.2, 0) is 10.3 Å². The zero-order valence-corrected chi connectivity index (χ0v) is 9.03. The zero-order valence-electron chi connectivity index (χ0n) is 9.03. The van der Waals surface area contributed by atoms with Crippen LogP contribution in [0, 0.1) is 11.7 Å². The Morgan fingerprint density at radius 3 is 2.94 bits per heavy atom. The Labute approximate surface area is 94.0 Å². The molecule has 88 valence electrons. The molecule has 0 amide bonds. The molecule has 1 aromatic carbocycles. The van der Waals surface area contributed by atoms with Gasteiger partial charge in [0, 0.05) is 18.1 Å². The van der Waals surface area contributed by atoms with E-state index in [4.69, 9.17) is 10.5 Å². The van der Waals surface area contributed by atoms with E-state index in [2.05, 4.69) is 0 Å². The minimum atomic E-state index is -0.821. The van der Waals surface area contributed by atoms with Crippen molar-refractivity contribution in [2.75, 3.05) is 19.8 Å². The molecule has 1 heterocycles. The molecule has 0 saturated carbocycles. The Morgan fingerprint density at radius 1 is 1.50 bits per heavy atom. The molecule has 0 aliphatic carbocycles. The molecule has 2 rings (SSSR count). The maximum Gasteiger partial charge on any atom is 0.128 e. The second-order valence-electron chi connectivity index (χ2n) is 4.22. The number of halogens is 1. The predicted molar refractivity (Wildman–Crippen MR) is 58.3 cm³/mol. The Hall–Kier alpha value is -0.970. The molecule has 0 bridgehead atoms. The van der Waals surface area contributed by atoms with E-state index < -0.39 is 5.54 Å². The van der Waals surface area contributed by atoms with Gasteiger partial charge in [0.2, 0.25) is 0 Å². The molecular formula is C12H16FNO2. The van der Waals surface area contributed by atoms with Crippen LogP contribution in [0.5, 0.6) is 0 Å². The first kappa shape index (κ1) is 11.5. The lowest BCUT2D eigenvalue weighted by atomic mass is 9.75. The lowest BCUT2D eigenvalue weighted by Crippen LogP contribution is -2.52. The number of benzene rings is 1. The number of hydrogen-bond acceptors (Lipinski definition) is 3. The first-order chi connectivity index (χ1) is 7.68. The van der Waals surface area contributed by atoms with Crippen molar-refractivity contribution in [1.82, 2.24) is 0 Å². The number of aliphatic hydroxyl groups excluding tert-OH is 1. The van der Waals surface area contributed by atoms with Crippen LogP contribution >= 0.6 is 0 Å². The Bertz CT molecular complexity index is 372. The maximum atomic E-state index is 13.7. The first-order valence-electron chi connectivity index (χ1n) is 5.41. The third-order valence-electron chi connectivity index (χ3n) is 3.30. The van der Waals surface area contributed by atoms with Crippen LogP contribution in [0.15, 0.2) is 24.3 Å². The summed E-state index contributed by atoms with van der Waals surface area (Å²) >= 11 is 0. The second-order valence-corrected chi connectivity index (χ2v) is 4.22. The van der Waals surface area contributed by atoms with E-state index in [0.717, 1.165) is 0 Å². The smallest absolute Gasteiger partial charge is 0.128 e. The zero-order chi connectivity index (χ0) is 11.6. The van der Waals surface area contributed by atoms with E-state index in [1.807, 2.05) is 0 Å². The molecule has 1 aliphatic rings. The van der Waals surface area contributed by atoms with E-state index in [9.17, 15) is 9.50 Å². The molecule has 3 N–H and O–H groups in total. The van der Waals surface area contributed by atoms with E-state index in [-0.39, 0.29) is 18.3 Å². The summed E-state index contributed by atoms with van der Waals surface area (Å²) in [6, 6.07) is 6.48. The van der Waals surface area contributed by atoms with Gasteiger partial charge in [-0.25, -0.2) is 4.39 Å². The molecule has 1 fully saturated rings. The quantitative estimate of drug-likeness (QED) is 0.789. The molecule has 0 radical (unpaired) electrons. The van der Waals surface area contributed by atoms with Gasteiger partial charge in [0.15, 0.2) is 0 Å². The van der Waals surface area contributed by atoms with Gasteiger partial charge in [0.1, 0.15) is 5.82 Å². The fraction of sp³-hybridized carbons (Fsp3) is 0.500. The number of ether oxygens (including phenoxy) is 1. The largest absolute Gasteiger partial charge is 0.396 e. The van der Waals surface area contributed by atoms with Gasteiger partial charge < -0.3 is 15.6 Å². The van der Waals surface area contributed by atoms with Crippen molar-refractivity contribution in [2.45, 2.75) is 12.0 Å². The van der Waals surface area contributed by atoms with Gasteiger partial charge in [-0.3, -0.25) is 0 Å². The molecule has 16 heavy (non-hydrogen) atoms. The number of hydrogen-bond donors (Lipinski definition) is 2. The van der Waals surface area contributed by atoms with Crippen molar-refractivity contribution in [3.63, 3.8) is 0 Å². The lowest BCUT2D eigenvalue weighted by molar-refractivity contribution is -0.0241. The maximum absolute atomic E-state index is 13.7. The summed E-state index contributed by atoms with van der Waals surface area (Å²) in [4.78, 5) is 0. The van der Waals surface area contributed by atoms with Crippen LogP contribution in [0.25, 0.3) is 0 Å². The number of aliphatic hydroxyl groups is 1. The van der Waals surface area contributed by atoms with E-state index in [0.29, 0.717) is 25.2 Å². The van der Waals surface area contributed by atoms with Gasteiger partial charge in [-0.15, -0.1) is 0 Å². The summed E-state index contributed by atoms with van der Waals surface area (Å²) < 4.78 is 19.0. The Balaban J connectivity index is 2.39. The van der Waals surface area contributed by atoms with Crippen LogP contribution in [0.4, 0.5) is 4.39 Å². The first-order valence-corrected chi connectivity index (χ1v) is 5.41. The van der Waals surface area contributed by atoms with Gasteiger partial charge in [0.05, 0.1) is 18.8 Å². The monoisotopic (exact) mass is 225 g/mol. The molecule has 0 spiro atoms. The van der Waals surface area contributed by atoms with Crippen LogP contribution in [0.1, 0.15) is 12.0 Å². The van der Waals surface area contributed by atoms with E-state index >= 15 is 0 Å². The van der Waals surface area contributed by atoms with Crippen molar-refractivity contribution in [1.29, 1.82) is 0 Å². The molecule has 1 unspecified atom stereocenters. The summed E-state index contributed by atoms with van der Waals surface area (Å²) in [7, 11) is 0. The number of rotatable bonds is 2. The number of nitrogens with two attached hydrogens (primary N) is 1. The summed E-state index contributed by atoms with van der Waals surface area (Å²) in [6.45, 7) is 0.785. The summed E-state index contributed by atoms with van der Waals surface area (Å²) in [6.07, 6.45) is 0.527. The highest BCUT2D eigenvalue weighted by molar-refractivity contribution is 5.27. The van der Waals surface area contributed by atoms with E-state index in [1.54, 1.807) is 18.2 Å². The van der Waals surface area contributed by atoms with Crippen molar-refractivity contribution >= 4 is 0 Å². The standard InChI is InChI=1S/C12H16FNO2/c13-11-4-2-1-3-10(11)12(14)5-6-16-8-9(12)7-15/h1-4,9,15H,5-8,14H2/t9?,12-/m0/s1. The highest BCUT2D eigenvalue weighted by Crippen LogP contribution is 2.35. The van der Waals surface area contributed by atoms with Crippen molar-refractivity contribution in [3.8, 4) is 0 Å². The average Bonchev–Trinajstić information content (AvgIpc) is 2.30. The molecular weight excluding hydrogens is 209 g/mol. The predicted octanol–water partition coefficient (Wildman–Crippen LogP) is 1.01. The minimum Gasteiger partial charge on any atom is -0.396 e. The topological polar surface area (TPSA) is 55.5 Å². The fourth-order valence-corrected chi connectivity index (χ4v) is 2.23. The highest BCUT2D eigenvalue weighted by Gasteiger charge is 2.40. The van der Waals surface area contributed by atoms with Gasteiger partial charge in [-0.05, 0) is 12.5 Å². The van der Waals surface area contributed by atoms with Gasteiger partial charge in [-0.1, -0.05) is 18.2 Å². The second kappa shape index (κ2) is 4.49. The van der Waals surface area contributed by atoms with Crippen LogP contribution in [0.2, 0.25) is 0 Å². The average molecular weight is 225 g/mol. The molecule has 3 nitrogen and oxygen atoms in total. The van der Waals surface area contributed by atoms with Gasteiger partial charge in [0.25, 0.3) is 0 Å². The van der Waals surface area contributed by atoms with Crippen molar-refractivity contribution < 1.29 is 14.2 Å².